The molecule has 2 heterocycles. The molecule has 5 nitrogen and oxygen atoms in total. The van der Waals surface area contributed by atoms with Gasteiger partial charge in [-0.1, -0.05) is 12.1 Å². The van der Waals surface area contributed by atoms with E-state index >= 15 is 0 Å². The summed E-state index contributed by atoms with van der Waals surface area (Å²) in [6.45, 7) is 7.77. The molecule has 5 heteroatoms. The minimum atomic E-state index is -0.448. The van der Waals surface area contributed by atoms with Crippen LogP contribution in [0.15, 0.2) is 47.1 Å². The topological polar surface area (TPSA) is 51.9 Å². The third-order valence-corrected chi connectivity index (χ3v) is 4.39. The monoisotopic (exact) mass is 357 g/mol. The smallest absolute Gasteiger partial charge is 0.410 e. The van der Waals surface area contributed by atoms with Crippen LogP contribution in [0.1, 0.15) is 33.6 Å². The van der Waals surface area contributed by atoms with E-state index in [1.165, 1.54) is 0 Å². The number of hydrogen-bond donors (Lipinski definition) is 0. The third-order valence-electron chi connectivity index (χ3n) is 4.39. The van der Waals surface area contributed by atoms with Crippen molar-refractivity contribution >= 4 is 6.09 Å². The number of ether oxygens (including phenoxy) is 2. The van der Waals surface area contributed by atoms with Crippen LogP contribution >= 0.6 is 0 Å². The summed E-state index contributed by atoms with van der Waals surface area (Å²) in [6.07, 6.45) is 3.30. The fraction of sp³-hybridized carbons (Fsp3) is 0.476. The second kappa shape index (κ2) is 7.85. The lowest BCUT2D eigenvalue weighted by Gasteiger charge is -2.33. The Balaban J connectivity index is 1.47. The molecule has 1 saturated heterocycles. The molecule has 26 heavy (non-hydrogen) atoms. The number of carbonyl (C=O) groups excluding carboxylic acids is 1. The van der Waals surface area contributed by atoms with E-state index in [0.29, 0.717) is 12.5 Å². The molecule has 1 fully saturated rings. The van der Waals surface area contributed by atoms with Crippen molar-refractivity contribution in [2.24, 2.45) is 5.92 Å². The van der Waals surface area contributed by atoms with Crippen LogP contribution in [-0.2, 0) is 4.74 Å². The number of carbonyl (C=O) groups is 1. The maximum Gasteiger partial charge on any atom is 0.410 e. The van der Waals surface area contributed by atoms with Crippen LogP contribution in [0, 0.1) is 5.92 Å². The molecule has 1 aliphatic heterocycles. The van der Waals surface area contributed by atoms with Gasteiger partial charge in [0.25, 0.3) is 0 Å². The van der Waals surface area contributed by atoms with Gasteiger partial charge in [0.2, 0.25) is 0 Å². The van der Waals surface area contributed by atoms with Crippen molar-refractivity contribution < 1.29 is 18.7 Å². The number of piperidine rings is 1. The fourth-order valence-electron chi connectivity index (χ4n) is 3.00. The van der Waals surface area contributed by atoms with Gasteiger partial charge in [-0.15, -0.1) is 0 Å². The summed E-state index contributed by atoms with van der Waals surface area (Å²) in [4.78, 5) is 13.9. The van der Waals surface area contributed by atoms with Crippen LogP contribution < -0.4 is 4.74 Å². The van der Waals surface area contributed by atoms with Crippen LogP contribution in [0.5, 0.6) is 5.75 Å². The van der Waals surface area contributed by atoms with E-state index in [4.69, 9.17) is 13.9 Å². The maximum atomic E-state index is 12.1. The first kappa shape index (κ1) is 18.4. The summed E-state index contributed by atoms with van der Waals surface area (Å²) >= 11 is 0. The number of nitrogens with zero attached hydrogens (tertiary/aromatic N) is 1. The molecule has 140 valence electrons. The molecule has 1 aromatic carbocycles. The quantitative estimate of drug-likeness (QED) is 0.775. The molecule has 0 aliphatic carbocycles. The second-order valence-electron chi connectivity index (χ2n) is 7.73. The molecule has 1 aromatic heterocycles. The highest BCUT2D eigenvalue weighted by Gasteiger charge is 2.27. The van der Waals surface area contributed by atoms with E-state index in [-0.39, 0.29) is 6.09 Å². The van der Waals surface area contributed by atoms with Gasteiger partial charge < -0.3 is 18.8 Å². The molecule has 0 N–H and O–H groups in total. The number of amides is 1. The molecule has 0 unspecified atom stereocenters. The number of hydrogen-bond acceptors (Lipinski definition) is 4. The molecule has 2 aromatic rings. The number of rotatable bonds is 4. The summed E-state index contributed by atoms with van der Waals surface area (Å²) < 4.78 is 16.9. The van der Waals surface area contributed by atoms with Gasteiger partial charge >= 0.3 is 6.09 Å². The number of benzene rings is 1. The Morgan fingerprint density at radius 2 is 1.96 bits per heavy atom. The third kappa shape index (κ3) is 5.04. The lowest BCUT2D eigenvalue weighted by Crippen LogP contribution is -2.42. The zero-order valence-corrected chi connectivity index (χ0v) is 15.7. The van der Waals surface area contributed by atoms with Crippen LogP contribution in [0.4, 0.5) is 4.79 Å². The zero-order valence-electron chi connectivity index (χ0n) is 15.7. The summed E-state index contributed by atoms with van der Waals surface area (Å²) in [5, 5.41) is 0. The van der Waals surface area contributed by atoms with Gasteiger partial charge in [0, 0.05) is 18.7 Å². The first-order chi connectivity index (χ1) is 12.4. The van der Waals surface area contributed by atoms with Crippen molar-refractivity contribution in [3.05, 3.63) is 42.7 Å². The lowest BCUT2D eigenvalue weighted by atomic mass is 9.98. The van der Waals surface area contributed by atoms with Crippen LogP contribution in [0.25, 0.3) is 11.3 Å². The molecule has 0 spiro atoms. The molecular formula is C21H27NO4. The van der Waals surface area contributed by atoms with Crippen molar-refractivity contribution in [1.82, 2.24) is 4.90 Å². The van der Waals surface area contributed by atoms with Gasteiger partial charge in [-0.3, -0.25) is 0 Å². The Hall–Kier alpha value is -2.43. The minimum Gasteiger partial charge on any atom is -0.493 e. The first-order valence-electron chi connectivity index (χ1n) is 9.15. The average Bonchev–Trinajstić information content (AvgIpc) is 3.14. The van der Waals surface area contributed by atoms with Gasteiger partial charge in [0.1, 0.15) is 17.1 Å². The van der Waals surface area contributed by atoms with E-state index < -0.39 is 5.60 Å². The van der Waals surface area contributed by atoms with Crippen molar-refractivity contribution in [3.63, 3.8) is 0 Å². The highest BCUT2D eigenvalue weighted by atomic mass is 16.6. The van der Waals surface area contributed by atoms with E-state index in [1.54, 1.807) is 11.2 Å². The number of likely N-dealkylation sites (tertiary alicyclic amines) is 1. The molecule has 0 atom stereocenters. The van der Waals surface area contributed by atoms with Gasteiger partial charge in [-0.05, 0) is 63.8 Å². The summed E-state index contributed by atoms with van der Waals surface area (Å²) in [7, 11) is 0. The van der Waals surface area contributed by atoms with E-state index in [2.05, 4.69) is 0 Å². The highest BCUT2D eigenvalue weighted by Crippen LogP contribution is 2.26. The summed E-state index contributed by atoms with van der Waals surface area (Å²) in [6, 6.07) is 11.7. The number of furan rings is 1. The molecule has 3 rings (SSSR count). The minimum absolute atomic E-state index is 0.219. The molecular weight excluding hydrogens is 330 g/mol. The van der Waals surface area contributed by atoms with Crippen molar-refractivity contribution in [2.45, 2.75) is 39.2 Å². The Labute approximate surface area is 154 Å². The van der Waals surface area contributed by atoms with Gasteiger partial charge in [-0.2, -0.15) is 0 Å². The average molecular weight is 357 g/mol. The summed E-state index contributed by atoms with van der Waals surface area (Å²) in [5.41, 5.74) is 0.558. The largest absolute Gasteiger partial charge is 0.493 e. The Kier molecular flexibility index (Phi) is 5.55. The molecule has 1 amide bonds. The van der Waals surface area contributed by atoms with E-state index in [9.17, 15) is 4.79 Å². The standard InChI is InChI=1S/C21H27NO4/c1-21(2,3)26-20(23)22-11-9-16(10-12-22)15-25-18-7-4-6-17(14-18)19-8-5-13-24-19/h4-8,13-14,16H,9-12,15H2,1-3H3. The van der Waals surface area contributed by atoms with E-state index in [1.807, 2.05) is 57.2 Å². The first-order valence-corrected chi connectivity index (χ1v) is 9.15. The Morgan fingerprint density at radius 1 is 1.19 bits per heavy atom. The fourth-order valence-corrected chi connectivity index (χ4v) is 3.00. The molecule has 1 aliphatic rings. The Bertz CT molecular complexity index is 710. The van der Waals surface area contributed by atoms with Crippen LogP contribution in [0.2, 0.25) is 0 Å². The van der Waals surface area contributed by atoms with Crippen LogP contribution in [0.3, 0.4) is 0 Å². The maximum absolute atomic E-state index is 12.1. The predicted molar refractivity (Wildman–Crippen MR) is 100 cm³/mol. The zero-order chi connectivity index (χ0) is 18.6. The second-order valence-corrected chi connectivity index (χ2v) is 7.73. The predicted octanol–water partition coefficient (Wildman–Crippen LogP) is 4.97. The van der Waals surface area contributed by atoms with Crippen molar-refractivity contribution in [1.29, 1.82) is 0 Å². The van der Waals surface area contributed by atoms with Crippen LogP contribution in [-0.4, -0.2) is 36.3 Å². The van der Waals surface area contributed by atoms with Gasteiger partial charge in [0.15, 0.2) is 0 Å². The van der Waals surface area contributed by atoms with E-state index in [0.717, 1.165) is 43.0 Å². The lowest BCUT2D eigenvalue weighted by molar-refractivity contribution is 0.0165. The van der Waals surface area contributed by atoms with Crippen molar-refractivity contribution in [2.75, 3.05) is 19.7 Å². The molecule has 0 bridgehead atoms. The van der Waals surface area contributed by atoms with Crippen molar-refractivity contribution in [3.8, 4) is 17.1 Å². The Morgan fingerprint density at radius 3 is 2.62 bits per heavy atom. The normalized spacial score (nSPS) is 15.7. The van der Waals surface area contributed by atoms with Gasteiger partial charge in [0.05, 0.1) is 12.9 Å². The molecule has 0 saturated carbocycles. The SMILES string of the molecule is CC(C)(C)OC(=O)N1CCC(COc2cccc(-c3ccco3)c2)CC1. The molecule has 0 radical (unpaired) electrons. The van der Waals surface area contributed by atoms with Gasteiger partial charge in [-0.25, -0.2) is 4.79 Å². The highest BCUT2D eigenvalue weighted by molar-refractivity contribution is 5.68. The summed E-state index contributed by atoms with van der Waals surface area (Å²) in [5.74, 6) is 2.12.